The zero-order valence-corrected chi connectivity index (χ0v) is 12.6. The van der Waals surface area contributed by atoms with E-state index in [-0.39, 0.29) is 11.8 Å². The molecule has 1 N–H and O–H groups in total. The Balaban J connectivity index is 3.08. The summed E-state index contributed by atoms with van der Waals surface area (Å²) in [5.74, 6) is 1.27. The molecule has 0 bridgehead atoms. The van der Waals surface area contributed by atoms with Crippen molar-refractivity contribution >= 4 is 9.84 Å². The van der Waals surface area contributed by atoms with Crippen molar-refractivity contribution in [2.45, 2.75) is 13.0 Å². The van der Waals surface area contributed by atoms with Crippen molar-refractivity contribution in [2.75, 3.05) is 32.8 Å². The van der Waals surface area contributed by atoms with Crippen molar-refractivity contribution in [3.8, 4) is 11.5 Å². The molecule has 1 aromatic carbocycles. The van der Waals surface area contributed by atoms with Gasteiger partial charge in [0.1, 0.15) is 9.84 Å². The third-order valence-electron chi connectivity index (χ3n) is 2.73. The lowest BCUT2D eigenvalue weighted by atomic mass is 10.1. The molecule has 19 heavy (non-hydrogen) atoms. The second kappa shape index (κ2) is 6.77. The number of sulfone groups is 1. The van der Waals surface area contributed by atoms with Crippen LogP contribution in [-0.2, 0) is 9.84 Å². The van der Waals surface area contributed by atoms with Crippen LogP contribution in [0.5, 0.6) is 11.5 Å². The fourth-order valence-corrected chi connectivity index (χ4v) is 2.81. The largest absolute Gasteiger partial charge is 0.493 e. The lowest BCUT2D eigenvalue weighted by molar-refractivity contribution is 0.354. The number of benzene rings is 1. The third kappa shape index (κ3) is 4.72. The summed E-state index contributed by atoms with van der Waals surface area (Å²) in [7, 11) is 0.0578. The molecule has 0 saturated heterocycles. The van der Waals surface area contributed by atoms with Crippen LogP contribution >= 0.6 is 0 Å². The van der Waals surface area contributed by atoms with Crippen LogP contribution in [-0.4, -0.2) is 41.2 Å². The summed E-state index contributed by atoms with van der Waals surface area (Å²) in [5.41, 5.74) is 0.866. The van der Waals surface area contributed by atoms with Gasteiger partial charge in [-0.3, -0.25) is 0 Å². The average Bonchev–Trinajstić information content (AvgIpc) is 2.36. The second-order valence-corrected chi connectivity index (χ2v) is 6.50. The van der Waals surface area contributed by atoms with Gasteiger partial charge in [-0.1, -0.05) is 13.0 Å². The molecule has 0 spiro atoms. The molecule has 0 aliphatic rings. The van der Waals surface area contributed by atoms with E-state index in [0.717, 1.165) is 5.56 Å². The van der Waals surface area contributed by atoms with Gasteiger partial charge in [0.15, 0.2) is 11.5 Å². The van der Waals surface area contributed by atoms with Gasteiger partial charge < -0.3 is 14.8 Å². The Bertz CT molecular complexity index is 513. The first-order valence-electron chi connectivity index (χ1n) is 6.04. The minimum absolute atomic E-state index is 0.0519. The zero-order valence-electron chi connectivity index (χ0n) is 11.8. The number of hydrogen-bond donors (Lipinski definition) is 1. The van der Waals surface area contributed by atoms with Crippen molar-refractivity contribution < 1.29 is 17.9 Å². The van der Waals surface area contributed by atoms with Gasteiger partial charge in [0.25, 0.3) is 0 Å². The maximum atomic E-state index is 11.5. The summed E-state index contributed by atoms with van der Waals surface area (Å²) >= 11 is 0. The van der Waals surface area contributed by atoms with Gasteiger partial charge in [0.2, 0.25) is 0 Å². The number of ether oxygens (including phenoxy) is 2. The van der Waals surface area contributed by atoms with E-state index in [1.54, 1.807) is 26.4 Å². The van der Waals surface area contributed by atoms with Gasteiger partial charge in [0.05, 0.1) is 20.0 Å². The highest BCUT2D eigenvalue weighted by molar-refractivity contribution is 7.90. The molecular formula is C13H21NO4S. The first-order chi connectivity index (χ1) is 8.91. The van der Waals surface area contributed by atoms with Crippen molar-refractivity contribution in [2.24, 2.45) is 0 Å². The number of hydrogen-bond acceptors (Lipinski definition) is 5. The van der Waals surface area contributed by atoms with Crippen LogP contribution in [0.25, 0.3) is 0 Å². The molecule has 0 saturated carbocycles. The topological polar surface area (TPSA) is 64.6 Å². The molecule has 0 amide bonds. The molecule has 108 valence electrons. The lowest BCUT2D eigenvalue weighted by Gasteiger charge is -2.19. The van der Waals surface area contributed by atoms with Crippen LogP contribution in [0.15, 0.2) is 18.2 Å². The highest BCUT2D eigenvalue weighted by Gasteiger charge is 2.18. The van der Waals surface area contributed by atoms with Crippen LogP contribution in [0.1, 0.15) is 18.5 Å². The standard InChI is InChI=1S/C13H21NO4S/c1-5-14-11(9-19(4,15)16)10-6-7-12(17-2)13(8-10)18-3/h6-8,11,14H,5,9H2,1-4H3. The van der Waals surface area contributed by atoms with E-state index < -0.39 is 9.84 Å². The van der Waals surface area contributed by atoms with Gasteiger partial charge in [0, 0.05) is 12.3 Å². The molecule has 1 rings (SSSR count). The Hall–Kier alpha value is -1.27. The molecular weight excluding hydrogens is 266 g/mol. The molecule has 0 aromatic heterocycles. The van der Waals surface area contributed by atoms with Crippen LogP contribution in [0.2, 0.25) is 0 Å². The van der Waals surface area contributed by atoms with Crippen LogP contribution in [0, 0.1) is 0 Å². The highest BCUT2D eigenvalue weighted by atomic mass is 32.2. The van der Waals surface area contributed by atoms with Gasteiger partial charge in [-0.25, -0.2) is 8.42 Å². The Morgan fingerprint density at radius 2 is 1.84 bits per heavy atom. The number of methoxy groups -OCH3 is 2. The summed E-state index contributed by atoms with van der Waals surface area (Å²) in [6, 6.07) is 5.18. The summed E-state index contributed by atoms with van der Waals surface area (Å²) in [5, 5.41) is 3.17. The van der Waals surface area contributed by atoms with Crippen molar-refractivity contribution in [1.82, 2.24) is 5.32 Å². The molecule has 0 aliphatic heterocycles. The number of nitrogens with one attached hydrogen (secondary N) is 1. The Morgan fingerprint density at radius 1 is 1.21 bits per heavy atom. The van der Waals surface area contributed by atoms with E-state index in [9.17, 15) is 8.42 Å². The molecule has 1 unspecified atom stereocenters. The van der Waals surface area contributed by atoms with Crippen LogP contribution < -0.4 is 14.8 Å². The zero-order chi connectivity index (χ0) is 14.5. The quantitative estimate of drug-likeness (QED) is 0.821. The minimum Gasteiger partial charge on any atom is -0.493 e. The SMILES string of the molecule is CCNC(CS(C)(=O)=O)c1ccc(OC)c(OC)c1. The fourth-order valence-electron chi connectivity index (χ4n) is 1.89. The lowest BCUT2D eigenvalue weighted by Crippen LogP contribution is -2.27. The normalized spacial score (nSPS) is 13.1. The summed E-state index contributed by atoms with van der Waals surface area (Å²) in [6.45, 7) is 2.63. The second-order valence-electron chi connectivity index (χ2n) is 4.32. The van der Waals surface area contributed by atoms with E-state index in [1.165, 1.54) is 6.26 Å². The molecule has 6 heteroatoms. The monoisotopic (exact) mass is 287 g/mol. The van der Waals surface area contributed by atoms with Gasteiger partial charge in [-0.05, 0) is 24.2 Å². The number of rotatable bonds is 7. The average molecular weight is 287 g/mol. The molecule has 5 nitrogen and oxygen atoms in total. The molecule has 0 fully saturated rings. The summed E-state index contributed by atoms with van der Waals surface area (Å²) in [6.07, 6.45) is 1.23. The highest BCUT2D eigenvalue weighted by Crippen LogP contribution is 2.30. The first-order valence-corrected chi connectivity index (χ1v) is 8.10. The summed E-state index contributed by atoms with van der Waals surface area (Å²) in [4.78, 5) is 0. The van der Waals surface area contributed by atoms with E-state index >= 15 is 0 Å². The molecule has 0 aliphatic carbocycles. The molecule has 0 heterocycles. The van der Waals surface area contributed by atoms with Crippen LogP contribution in [0.4, 0.5) is 0 Å². The van der Waals surface area contributed by atoms with Gasteiger partial charge >= 0.3 is 0 Å². The molecule has 0 radical (unpaired) electrons. The van der Waals surface area contributed by atoms with Crippen molar-refractivity contribution in [3.05, 3.63) is 23.8 Å². The Kier molecular flexibility index (Phi) is 5.62. The Labute approximate surface area is 114 Å². The van der Waals surface area contributed by atoms with E-state index in [1.807, 2.05) is 13.0 Å². The smallest absolute Gasteiger partial charge is 0.161 e. The summed E-state index contributed by atoms with van der Waals surface area (Å²) < 4.78 is 33.3. The van der Waals surface area contributed by atoms with E-state index in [0.29, 0.717) is 18.0 Å². The third-order valence-corrected chi connectivity index (χ3v) is 3.67. The molecule has 1 aromatic rings. The minimum atomic E-state index is -3.06. The molecule has 1 atom stereocenters. The predicted molar refractivity (Wildman–Crippen MR) is 75.7 cm³/mol. The first kappa shape index (κ1) is 15.8. The Morgan fingerprint density at radius 3 is 2.32 bits per heavy atom. The maximum Gasteiger partial charge on any atom is 0.161 e. The predicted octanol–water partition coefficient (Wildman–Crippen LogP) is 1.40. The van der Waals surface area contributed by atoms with Gasteiger partial charge in [-0.15, -0.1) is 0 Å². The fraction of sp³-hybridized carbons (Fsp3) is 0.538. The maximum absolute atomic E-state index is 11.5. The van der Waals surface area contributed by atoms with Crippen molar-refractivity contribution in [3.63, 3.8) is 0 Å². The van der Waals surface area contributed by atoms with Crippen LogP contribution in [0.3, 0.4) is 0 Å². The van der Waals surface area contributed by atoms with E-state index in [4.69, 9.17) is 9.47 Å². The van der Waals surface area contributed by atoms with Crippen molar-refractivity contribution in [1.29, 1.82) is 0 Å². The van der Waals surface area contributed by atoms with Gasteiger partial charge in [-0.2, -0.15) is 0 Å². The van der Waals surface area contributed by atoms with E-state index in [2.05, 4.69) is 5.32 Å².